The number of rotatable bonds is 12. The van der Waals surface area contributed by atoms with E-state index in [1.54, 1.807) is 62.8 Å². The van der Waals surface area contributed by atoms with Crippen molar-refractivity contribution in [2.45, 2.75) is 0 Å². The molecule has 2 rings (SSSR count). The molecule has 0 aromatic heterocycles. The van der Waals surface area contributed by atoms with E-state index < -0.39 is 0 Å². The van der Waals surface area contributed by atoms with E-state index in [2.05, 4.69) is 16.0 Å². The van der Waals surface area contributed by atoms with Crippen molar-refractivity contribution in [1.29, 1.82) is 0 Å². The van der Waals surface area contributed by atoms with Crippen LogP contribution < -0.4 is 20.7 Å². The largest absolute Gasteiger partial charge is 0.491 e. The molecule has 0 radical (unpaired) electrons. The lowest BCUT2D eigenvalue weighted by molar-refractivity contribution is -0.114. The Kier molecular flexibility index (Phi) is 9.47. The highest BCUT2D eigenvalue weighted by molar-refractivity contribution is 5.95. The van der Waals surface area contributed by atoms with E-state index in [4.69, 9.17) is 14.2 Å². The number of anilines is 2. The number of carbonyl (C=O) groups is 2. The van der Waals surface area contributed by atoms with Gasteiger partial charge >= 0.3 is 0 Å². The molecule has 0 aliphatic rings. The number of ether oxygens (including phenoxy) is 3. The molecule has 0 saturated carbocycles. The highest BCUT2D eigenvalue weighted by Crippen LogP contribution is 2.16. The molecule has 2 amide bonds. The third-order valence-corrected chi connectivity index (χ3v) is 3.89. The number of benzene rings is 2. The van der Waals surface area contributed by atoms with Gasteiger partial charge in [0, 0.05) is 37.7 Å². The Morgan fingerprint density at radius 2 is 1.48 bits per heavy atom. The van der Waals surface area contributed by atoms with Crippen molar-refractivity contribution in [2.75, 3.05) is 57.8 Å². The summed E-state index contributed by atoms with van der Waals surface area (Å²) in [7, 11) is 3.20. The summed E-state index contributed by atoms with van der Waals surface area (Å²) in [5.74, 6) is 0.366. The number of hydrogen-bond acceptors (Lipinski definition) is 6. The molecule has 0 bridgehead atoms. The van der Waals surface area contributed by atoms with Gasteiger partial charge in [-0.05, 0) is 48.5 Å². The van der Waals surface area contributed by atoms with Crippen LogP contribution in [0.5, 0.6) is 5.75 Å². The monoisotopic (exact) mass is 401 g/mol. The summed E-state index contributed by atoms with van der Waals surface area (Å²) < 4.78 is 15.3. The number of amides is 2. The molecule has 0 heterocycles. The van der Waals surface area contributed by atoms with Crippen LogP contribution in [0.2, 0.25) is 0 Å². The Labute approximate surface area is 170 Å². The first-order chi connectivity index (χ1) is 14.1. The molecule has 0 aliphatic carbocycles. The Morgan fingerprint density at radius 1 is 0.828 bits per heavy atom. The van der Waals surface area contributed by atoms with Gasteiger partial charge in [-0.1, -0.05) is 0 Å². The van der Waals surface area contributed by atoms with Gasteiger partial charge in [-0.25, -0.2) is 0 Å². The molecular weight excluding hydrogens is 374 g/mol. The first-order valence-corrected chi connectivity index (χ1v) is 9.25. The minimum atomic E-state index is -0.181. The molecule has 0 fully saturated rings. The van der Waals surface area contributed by atoms with E-state index in [0.717, 1.165) is 5.69 Å². The fourth-order valence-corrected chi connectivity index (χ4v) is 2.37. The third kappa shape index (κ3) is 8.20. The second-order valence-electron chi connectivity index (χ2n) is 6.09. The van der Waals surface area contributed by atoms with Crippen molar-refractivity contribution in [1.82, 2.24) is 5.32 Å². The maximum Gasteiger partial charge on any atom is 0.251 e. The lowest BCUT2D eigenvalue weighted by atomic mass is 10.2. The zero-order chi connectivity index (χ0) is 20.9. The number of methoxy groups -OCH3 is 2. The van der Waals surface area contributed by atoms with E-state index in [1.807, 2.05) is 0 Å². The normalized spacial score (nSPS) is 10.3. The van der Waals surface area contributed by atoms with Crippen molar-refractivity contribution < 1.29 is 23.8 Å². The first kappa shape index (κ1) is 22.2. The molecule has 0 saturated heterocycles. The SMILES string of the molecule is COCCNC(=O)c1ccc(NCC(=O)Nc2ccc(OCCOC)cc2)cc1. The van der Waals surface area contributed by atoms with Crippen molar-refractivity contribution >= 4 is 23.2 Å². The molecule has 8 nitrogen and oxygen atoms in total. The maximum atomic E-state index is 12.1. The van der Waals surface area contributed by atoms with E-state index in [-0.39, 0.29) is 18.4 Å². The zero-order valence-corrected chi connectivity index (χ0v) is 16.7. The van der Waals surface area contributed by atoms with Crippen LogP contribution in [0.3, 0.4) is 0 Å². The number of nitrogens with one attached hydrogen (secondary N) is 3. The van der Waals surface area contributed by atoms with Crippen LogP contribution >= 0.6 is 0 Å². The molecule has 0 spiro atoms. The zero-order valence-electron chi connectivity index (χ0n) is 16.7. The van der Waals surface area contributed by atoms with Crippen LogP contribution in [-0.4, -0.2) is 58.9 Å². The summed E-state index contributed by atoms with van der Waals surface area (Å²) in [6.45, 7) is 2.01. The first-order valence-electron chi connectivity index (χ1n) is 9.25. The minimum Gasteiger partial charge on any atom is -0.491 e. The predicted molar refractivity (Wildman–Crippen MR) is 112 cm³/mol. The van der Waals surface area contributed by atoms with Gasteiger partial charge in [0.25, 0.3) is 5.91 Å². The standard InChI is InChI=1S/C21H27N3O5/c1-27-12-11-22-21(26)16-3-5-17(6-4-16)23-15-20(25)24-18-7-9-19(10-8-18)29-14-13-28-2/h3-10,23H,11-15H2,1-2H3,(H,22,26)(H,24,25). The summed E-state index contributed by atoms with van der Waals surface area (Å²) in [5, 5.41) is 8.59. The van der Waals surface area contributed by atoms with Crippen molar-refractivity contribution in [3.8, 4) is 5.75 Å². The predicted octanol–water partition coefficient (Wildman–Crippen LogP) is 2.14. The molecule has 2 aromatic carbocycles. The van der Waals surface area contributed by atoms with Gasteiger partial charge in [-0.15, -0.1) is 0 Å². The molecule has 3 N–H and O–H groups in total. The van der Waals surface area contributed by atoms with Crippen LogP contribution in [0.1, 0.15) is 10.4 Å². The Bertz CT molecular complexity index is 763. The maximum absolute atomic E-state index is 12.1. The summed E-state index contributed by atoms with van der Waals surface area (Å²) in [5.41, 5.74) is 1.97. The number of carbonyl (C=O) groups excluding carboxylic acids is 2. The van der Waals surface area contributed by atoms with Gasteiger partial charge in [0.2, 0.25) is 5.91 Å². The summed E-state index contributed by atoms with van der Waals surface area (Å²) >= 11 is 0. The fourth-order valence-electron chi connectivity index (χ4n) is 2.37. The van der Waals surface area contributed by atoms with E-state index in [1.165, 1.54) is 0 Å². The van der Waals surface area contributed by atoms with Crippen molar-refractivity contribution in [2.24, 2.45) is 0 Å². The molecule has 0 unspecified atom stereocenters. The summed E-state index contributed by atoms with van der Waals surface area (Å²) in [6, 6.07) is 14.0. The quantitative estimate of drug-likeness (QED) is 0.472. The average Bonchev–Trinajstić information content (AvgIpc) is 2.74. The molecule has 8 heteroatoms. The minimum absolute atomic E-state index is 0.103. The topological polar surface area (TPSA) is 97.9 Å². The second kappa shape index (κ2) is 12.4. The third-order valence-electron chi connectivity index (χ3n) is 3.89. The van der Waals surface area contributed by atoms with Crippen LogP contribution in [-0.2, 0) is 14.3 Å². The van der Waals surface area contributed by atoms with Gasteiger partial charge in [0.1, 0.15) is 12.4 Å². The molecule has 2 aromatic rings. The second-order valence-corrected chi connectivity index (χ2v) is 6.09. The van der Waals surface area contributed by atoms with Gasteiger partial charge in [0.05, 0.1) is 19.8 Å². The fraction of sp³-hybridized carbons (Fsp3) is 0.333. The molecule has 0 aliphatic heterocycles. The van der Waals surface area contributed by atoms with Gasteiger partial charge in [-0.3, -0.25) is 9.59 Å². The average molecular weight is 401 g/mol. The van der Waals surface area contributed by atoms with Crippen LogP contribution in [0.4, 0.5) is 11.4 Å². The molecular formula is C21H27N3O5. The van der Waals surface area contributed by atoms with Crippen LogP contribution in [0, 0.1) is 0 Å². The lowest BCUT2D eigenvalue weighted by Gasteiger charge is -2.10. The number of hydrogen-bond donors (Lipinski definition) is 3. The Morgan fingerprint density at radius 3 is 2.14 bits per heavy atom. The molecule has 156 valence electrons. The van der Waals surface area contributed by atoms with Gasteiger partial charge in [-0.2, -0.15) is 0 Å². The van der Waals surface area contributed by atoms with E-state index in [9.17, 15) is 9.59 Å². The van der Waals surface area contributed by atoms with Crippen LogP contribution in [0.15, 0.2) is 48.5 Å². The van der Waals surface area contributed by atoms with Crippen molar-refractivity contribution in [3.05, 3.63) is 54.1 Å². The van der Waals surface area contributed by atoms with Gasteiger partial charge in [0.15, 0.2) is 0 Å². The Hall–Kier alpha value is -3.10. The lowest BCUT2D eigenvalue weighted by Crippen LogP contribution is -2.26. The molecule has 0 atom stereocenters. The summed E-state index contributed by atoms with van der Waals surface area (Å²) in [4.78, 5) is 24.0. The van der Waals surface area contributed by atoms with E-state index >= 15 is 0 Å². The Balaban J connectivity index is 1.75. The highest BCUT2D eigenvalue weighted by atomic mass is 16.5. The summed E-state index contributed by atoms with van der Waals surface area (Å²) in [6.07, 6.45) is 0. The highest BCUT2D eigenvalue weighted by Gasteiger charge is 2.06. The van der Waals surface area contributed by atoms with Crippen LogP contribution in [0.25, 0.3) is 0 Å². The van der Waals surface area contributed by atoms with E-state index in [0.29, 0.717) is 43.4 Å². The van der Waals surface area contributed by atoms with Gasteiger partial charge < -0.3 is 30.2 Å². The smallest absolute Gasteiger partial charge is 0.251 e. The van der Waals surface area contributed by atoms with Crippen molar-refractivity contribution in [3.63, 3.8) is 0 Å². The molecule has 29 heavy (non-hydrogen) atoms.